The van der Waals surface area contributed by atoms with Crippen LogP contribution in [-0.2, 0) is 9.59 Å². The number of nitriles is 1. The van der Waals surface area contributed by atoms with Gasteiger partial charge >= 0.3 is 0 Å². The van der Waals surface area contributed by atoms with Crippen LogP contribution >= 0.6 is 15.9 Å². The summed E-state index contributed by atoms with van der Waals surface area (Å²) in [4.78, 5) is 23.1. The van der Waals surface area contributed by atoms with E-state index in [9.17, 15) is 20.0 Å². The lowest BCUT2D eigenvalue weighted by Gasteiger charge is -2.14. The highest BCUT2D eigenvalue weighted by Gasteiger charge is 2.14. The minimum absolute atomic E-state index is 0.138. The molecule has 0 bridgehead atoms. The van der Waals surface area contributed by atoms with Gasteiger partial charge < -0.3 is 29.4 Å². The van der Waals surface area contributed by atoms with Gasteiger partial charge in [0.2, 0.25) is 0 Å². The van der Waals surface area contributed by atoms with Crippen LogP contribution in [0.5, 0.6) is 17.2 Å². The average Bonchev–Trinajstić information content (AvgIpc) is 2.72. The first-order valence-corrected chi connectivity index (χ1v) is 9.53. The fraction of sp³-hybridized carbons (Fsp3) is 0.190. The van der Waals surface area contributed by atoms with Gasteiger partial charge in [-0.15, -0.1) is 0 Å². The van der Waals surface area contributed by atoms with Crippen LogP contribution in [0.25, 0.3) is 6.08 Å². The summed E-state index contributed by atoms with van der Waals surface area (Å²) in [6, 6.07) is 11.7. The van der Waals surface area contributed by atoms with Gasteiger partial charge in [0.05, 0.1) is 24.2 Å². The number of nitrogens with one attached hydrogen (secondary N) is 1. The normalized spacial score (nSPS) is 10.7. The fourth-order valence-electron chi connectivity index (χ4n) is 2.41. The van der Waals surface area contributed by atoms with E-state index in [1.165, 1.54) is 19.3 Å². The Morgan fingerprint density at radius 2 is 1.93 bits per heavy atom. The van der Waals surface area contributed by atoms with Gasteiger partial charge in [0.1, 0.15) is 24.0 Å². The predicted molar refractivity (Wildman–Crippen MR) is 111 cm³/mol. The largest absolute Gasteiger partial charge is 0.546 e. The lowest BCUT2D eigenvalue weighted by atomic mass is 10.1. The molecule has 8 nitrogen and oxygen atoms in total. The van der Waals surface area contributed by atoms with Crippen molar-refractivity contribution < 1.29 is 28.9 Å². The number of aliphatic carboxylic acids is 1. The Morgan fingerprint density at radius 1 is 1.23 bits per heavy atom. The van der Waals surface area contributed by atoms with Gasteiger partial charge in [-0.1, -0.05) is 0 Å². The van der Waals surface area contributed by atoms with Crippen LogP contribution in [0.4, 0.5) is 5.69 Å². The lowest BCUT2D eigenvalue weighted by molar-refractivity contribution is -0.307. The van der Waals surface area contributed by atoms with E-state index in [1.807, 2.05) is 13.0 Å². The molecule has 0 unspecified atom stereocenters. The molecule has 0 spiro atoms. The first-order chi connectivity index (χ1) is 14.4. The van der Waals surface area contributed by atoms with Crippen LogP contribution in [0.1, 0.15) is 12.5 Å². The maximum atomic E-state index is 12.5. The highest BCUT2D eigenvalue weighted by Crippen LogP contribution is 2.37. The molecule has 9 heteroatoms. The molecule has 0 atom stereocenters. The first-order valence-electron chi connectivity index (χ1n) is 8.74. The number of nitrogens with zero attached hydrogens (tertiary/aromatic N) is 1. The molecule has 0 heterocycles. The molecule has 2 aromatic carbocycles. The van der Waals surface area contributed by atoms with Gasteiger partial charge in [-0.2, -0.15) is 5.26 Å². The molecule has 0 aromatic heterocycles. The van der Waals surface area contributed by atoms with E-state index in [2.05, 4.69) is 21.2 Å². The summed E-state index contributed by atoms with van der Waals surface area (Å²) in [6.45, 7) is 1.75. The third-order valence-electron chi connectivity index (χ3n) is 3.69. The Bertz CT molecular complexity index is 996. The number of rotatable bonds is 9. The zero-order valence-electron chi connectivity index (χ0n) is 16.2. The van der Waals surface area contributed by atoms with Gasteiger partial charge in [-0.25, -0.2) is 0 Å². The first kappa shape index (κ1) is 22.8. The Morgan fingerprint density at radius 3 is 2.50 bits per heavy atom. The van der Waals surface area contributed by atoms with Crippen LogP contribution in [0, 0.1) is 11.3 Å². The van der Waals surface area contributed by atoms with Gasteiger partial charge in [-0.05, 0) is 70.9 Å². The molecule has 0 fully saturated rings. The minimum atomic E-state index is -1.38. The van der Waals surface area contributed by atoms with Gasteiger partial charge in [0.15, 0.2) is 11.5 Å². The topological polar surface area (TPSA) is 121 Å². The summed E-state index contributed by atoms with van der Waals surface area (Å²) in [7, 11) is 1.38. The third kappa shape index (κ3) is 6.25. The van der Waals surface area contributed by atoms with E-state index in [1.54, 1.807) is 30.3 Å². The van der Waals surface area contributed by atoms with E-state index >= 15 is 0 Å². The maximum Gasteiger partial charge on any atom is 0.266 e. The highest BCUT2D eigenvalue weighted by atomic mass is 79.9. The molecule has 0 saturated heterocycles. The van der Waals surface area contributed by atoms with E-state index in [-0.39, 0.29) is 17.1 Å². The van der Waals surface area contributed by atoms with Crippen molar-refractivity contribution >= 4 is 39.6 Å². The fourth-order valence-corrected chi connectivity index (χ4v) is 2.98. The summed E-state index contributed by atoms with van der Waals surface area (Å²) >= 11 is 3.27. The molecule has 0 aliphatic rings. The second kappa shape index (κ2) is 10.9. The van der Waals surface area contributed by atoms with Gasteiger partial charge in [-0.3, -0.25) is 4.79 Å². The van der Waals surface area contributed by atoms with Crippen molar-refractivity contribution in [2.45, 2.75) is 6.92 Å². The molecule has 0 aliphatic carbocycles. The summed E-state index contributed by atoms with van der Waals surface area (Å²) in [5.41, 5.74) is 0.841. The van der Waals surface area contributed by atoms with Crippen molar-refractivity contribution in [2.75, 3.05) is 25.6 Å². The van der Waals surface area contributed by atoms with Gasteiger partial charge in [0, 0.05) is 5.69 Å². The number of benzene rings is 2. The van der Waals surface area contributed by atoms with Crippen LogP contribution in [0.2, 0.25) is 0 Å². The van der Waals surface area contributed by atoms with E-state index in [0.29, 0.717) is 28.1 Å². The SMILES string of the molecule is CCOc1ccc(NC(=O)C(C#N)=Cc2cc(Br)c(OCC(=O)[O-])c(OC)c2)cc1. The number of methoxy groups -OCH3 is 1. The zero-order valence-corrected chi connectivity index (χ0v) is 17.8. The molecule has 2 aromatic rings. The number of hydrogen-bond acceptors (Lipinski definition) is 7. The van der Waals surface area contributed by atoms with Crippen molar-refractivity contribution in [3.8, 4) is 23.3 Å². The number of carbonyl (C=O) groups excluding carboxylic acids is 2. The number of carbonyl (C=O) groups is 2. The summed E-state index contributed by atoms with van der Waals surface area (Å²) < 4.78 is 16.1. The molecule has 156 valence electrons. The Kier molecular flexibility index (Phi) is 8.26. The molecule has 1 N–H and O–H groups in total. The molecule has 0 aliphatic heterocycles. The Balaban J connectivity index is 2.23. The summed E-state index contributed by atoms with van der Waals surface area (Å²) in [6.07, 6.45) is 1.37. The van der Waals surface area contributed by atoms with Crippen molar-refractivity contribution in [2.24, 2.45) is 0 Å². The van der Waals surface area contributed by atoms with Crippen LogP contribution in [0.15, 0.2) is 46.4 Å². The second-order valence-electron chi connectivity index (χ2n) is 5.78. The number of amides is 1. The van der Waals surface area contributed by atoms with E-state index < -0.39 is 18.5 Å². The number of carboxylic acid groups (broad SMARTS) is 1. The number of anilines is 1. The second-order valence-corrected chi connectivity index (χ2v) is 6.63. The summed E-state index contributed by atoms with van der Waals surface area (Å²) in [5.74, 6) is -0.915. The van der Waals surface area contributed by atoms with Crippen LogP contribution in [-0.4, -0.2) is 32.2 Å². The molecule has 1 amide bonds. The highest BCUT2D eigenvalue weighted by molar-refractivity contribution is 9.10. The van der Waals surface area contributed by atoms with Crippen molar-refractivity contribution in [3.05, 3.63) is 52.0 Å². The molecule has 0 saturated carbocycles. The molecule has 0 radical (unpaired) electrons. The predicted octanol–water partition coefficient (Wildman–Crippen LogP) is 2.53. The molecular weight excluding hydrogens is 456 g/mol. The average molecular weight is 474 g/mol. The molecule has 2 rings (SSSR count). The number of halogens is 1. The molecule has 30 heavy (non-hydrogen) atoms. The Labute approximate surface area is 181 Å². The maximum absolute atomic E-state index is 12.5. The van der Waals surface area contributed by atoms with E-state index in [4.69, 9.17) is 14.2 Å². The lowest BCUT2D eigenvalue weighted by Crippen LogP contribution is -2.29. The third-order valence-corrected chi connectivity index (χ3v) is 4.27. The number of hydrogen-bond donors (Lipinski definition) is 1. The van der Waals surface area contributed by atoms with Crippen molar-refractivity contribution in [3.63, 3.8) is 0 Å². The van der Waals surface area contributed by atoms with Crippen LogP contribution in [0.3, 0.4) is 0 Å². The van der Waals surface area contributed by atoms with E-state index in [0.717, 1.165) is 0 Å². The van der Waals surface area contributed by atoms with Gasteiger partial charge in [0.25, 0.3) is 5.91 Å². The Hall–Kier alpha value is -3.51. The zero-order chi connectivity index (χ0) is 22.1. The smallest absolute Gasteiger partial charge is 0.266 e. The molecular formula is C21H18BrN2O6-. The number of ether oxygens (including phenoxy) is 3. The standard InChI is InChI=1S/C21H19BrN2O6/c1-3-29-16-6-4-15(5-7-16)24-21(27)14(11-23)8-13-9-17(22)20(18(10-13)28-2)30-12-19(25)26/h4-10H,3,12H2,1-2H3,(H,24,27)(H,25,26)/p-1. The number of carboxylic acids is 1. The quantitative estimate of drug-likeness (QED) is 0.438. The monoisotopic (exact) mass is 473 g/mol. The summed E-state index contributed by atoms with van der Waals surface area (Å²) in [5, 5.41) is 22.7. The minimum Gasteiger partial charge on any atom is -0.546 e. The van der Waals surface area contributed by atoms with Crippen molar-refractivity contribution in [1.29, 1.82) is 5.26 Å². The van der Waals surface area contributed by atoms with Crippen LogP contribution < -0.4 is 24.6 Å². The van der Waals surface area contributed by atoms with Crippen molar-refractivity contribution in [1.82, 2.24) is 0 Å².